The number of carbonyl (C=O) groups is 2. The van der Waals surface area contributed by atoms with Crippen molar-refractivity contribution < 1.29 is 39.5 Å². The SMILES string of the molecule is CCC(C)C(=O)c1c(O)c(C)c(OC)c(Cc2c(O)c(C(=O)C(C)CC)c(O)c(C)c2OC)c1O. The fourth-order valence-electron chi connectivity index (χ4n) is 4.17. The molecule has 192 valence electrons. The quantitative estimate of drug-likeness (QED) is 0.336. The molecule has 2 aromatic carbocycles. The Morgan fingerprint density at radius 1 is 0.686 bits per heavy atom. The molecule has 0 bridgehead atoms. The molecule has 4 N–H and O–H groups in total. The van der Waals surface area contributed by atoms with E-state index in [1.165, 1.54) is 14.2 Å². The van der Waals surface area contributed by atoms with E-state index in [9.17, 15) is 30.0 Å². The zero-order valence-corrected chi connectivity index (χ0v) is 21.7. The number of phenolic OH excluding ortho intramolecular Hbond substituents is 4. The molecule has 0 aliphatic rings. The van der Waals surface area contributed by atoms with Gasteiger partial charge in [0.05, 0.1) is 14.2 Å². The van der Waals surface area contributed by atoms with Crippen LogP contribution in [0, 0.1) is 25.7 Å². The number of ether oxygens (including phenoxy) is 2. The van der Waals surface area contributed by atoms with E-state index in [2.05, 4.69) is 0 Å². The van der Waals surface area contributed by atoms with Gasteiger partial charge in [0.2, 0.25) is 0 Å². The molecule has 0 spiro atoms. The number of aromatic hydroxyl groups is 4. The number of hydrogen-bond acceptors (Lipinski definition) is 8. The van der Waals surface area contributed by atoms with Crippen molar-refractivity contribution in [3.63, 3.8) is 0 Å². The highest BCUT2D eigenvalue weighted by molar-refractivity contribution is 6.05. The Bertz CT molecular complexity index is 1060. The lowest BCUT2D eigenvalue weighted by atomic mass is 9.87. The van der Waals surface area contributed by atoms with Crippen molar-refractivity contribution in [2.24, 2.45) is 11.8 Å². The summed E-state index contributed by atoms with van der Waals surface area (Å²) in [5, 5.41) is 43.8. The molecule has 0 fully saturated rings. The molecule has 0 amide bonds. The van der Waals surface area contributed by atoms with Crippen molar-refractivity contribution >= 4 is 11.6 Å². The normalized spacial score (nSPS) is 12.8. The summed E-state index contributed by atoms with van der Waals surface area (Å²) in [5.74, 6) is -3.21. The fourth-order valence-corrected chi connectivity index (χ4v) is 4.17. The molecule has 2 rings (SSSR count). The van der Waals surface area contributed by atoms with Crippen LogP contribution in [-0.2, 0) is 6.42 Å². The molecule has 2 aromatic rings. The molecule has 0 radical (unpaired) electrons. The van der Waals surface area contributed by atoms with Gasteiger partial charge in [-0.1, -0.05) is 27.7 Å². The lowest BCUT2D eigenvalue weighted by Crippen LogP contribution is -2.14. The minimum absolute atomic E-state index is 0.127. The molecule has 2 atom stereocenters. The largest absolute Gasteiger partial charge is 0.507 e. The van der Waals surface area contributed by atoms with E-state index in [1.807, 2.05) is 13.8 Å². The Hall–Kier alpha value is -3.42. The number of phenols is 4. The molecular formula is C27H36O8. The molecule has 0 saturated carbocycles. The molecule has 0 heterocycles. The van der Waals surface area contributed by atoms with Crippen molar-refractivity contribution in [2.45, 2.75) is 60.8 Å². The second-order valence-corrected chi connectivity index (χ2v) is 8.94. The summed E-state index contributed by atoms with van der Waals surface area (Å²) in [4.78, 5) is 26.0. The topological polar surface area (TPSA) is 134 Å². The second kappa shape index (κ2) is 10.9. The van der Waals surface area contributed by atoms with Crippen LogP contribution in [0.1, 0.15) is 83.5 Å². The molecule has 0 aliphatic heterocycles. The smallest absolute Gasteiger partial charge is 0.173 e. The molecule has 8 nitrogen and oxygen atoms in total. The molecule has 0 aromatic heterocycles. The van der Waals surface area contributed by atoms with Gasteiger partial charge in [-0.15, -0.1) is 0 Å². The summed E-state index contributed by atoms with van der Waals surface area (Å²) in [6, 6.07) is 0. The van der Waals surface area contributed by atoms with E-state index < -0.39 is 34.9 Å². The van der Waals surface area contributed by atoms with Crippen LogP contribution < -0.4 is 9.47 Å². The van der Waals surface area contributed by atoms with E-state index >= 15 is 0 Å². The van der Waals surface area contributed by atoms with Crippen LogP contribution in [0.2, 0.25) is 0 Å². The third-order valence-electron chi connectivity index (χ3n) is 6.83. The van der Waals surface area contributed by atoms with Crippen LogP contribution >= 0.6 is 0 Å². The Balaban J connectivity index is 2.91. The molecule has 0 saturated heterocycles. The van der Waals surface area contributed by atoms with Gasteiger partial charge in [-0.3, -0.25) is 9.59 Å². The van der Waals surface area contributed by atoms with E-state index in [1.54, 1.807) is 27.7 Å². The highest BCUT2D eigenvalue weighted by Gasteiger charge is 2.32. The molecule has 2 unspecified atom stereocenters. The van der Waals surface area contributed by atoms with Gasteiger partial charge in [0, 0.05) is 40.5 Å². The maximum absolute atomic E-state index is 13.0. The summed E-state index contributed by atoms with van der Waals surface area (Å²) in [6.45, 7) is 10.2. The minimum atomic E-state index is -0.475. The summed E-state index contributed by atoms with van der Waals surface area (Å²) in [6.07, 6.45) is 0.809. The van der Waals surface area contributed by atoms with Gasteiger partial charge in [0.15, 0.2) is 11.6 Å². The van der Waals surface area contributed by atoms with Crippen LogP contribution in [0.5, 0.6) is 34.5 Å². The van der Waals surface area contributed by atoms with Crippen molar-refractivity contribution in [2.75, 3.05) is 14.2 Å². The van der Waals surface area contributed by atoms with Crippen LogP contribution in [0.3, 0.4) is 0 Å². The third-order valence-corrected chi connectivity index (χ3v) is 6.83. The second-order valence-electron chi connectivity index (χ2n) is 8.94. The van der Waals surface area contributed by atoms with Crippen molar-refractivity contribution in [3.8, 4) is 34.5 Å². The maximum atomic E-state index is 13.0. The van der Waals surface area contributed by atoms with Crippen LogP contribution in [0.15, 0.2) is 0 Å². The van der Waals surface area contributed by atoms with Crippen LogP contribution in [-0.4, -0.2) is 46.2 Å². The highest BCUT2D eigenvalue weighted by atomic mass is 16.5. The number of hydrogen-bond donors (Lipinski definition) is 4. The zero-order chi connectivity index (χ0) is 26.8. The van der Waals surface area contributed by atoms with Crippen molar-refractivity contribution in [1.82, 2.24) is 0 Å². The number of methoxy groups -OCH3 is 2. The molecule has 0 aliphatic carbocycles. The average molecular weight is 489 g/mol. The highest BCUT2D eigenvalue weighted by Crippen LogP contribution is 2.49. The Morgan fingerprint density at radius 2 is 1.00 bits per heavy atom. The van der Waals surface area contributed by atoms with Gasteiger partial charge in [0.1, 0.15) is 45.6 Å². The third kappa shape index (κ3) is 4.74. The predicted molar refractivity (Wildman–Crippen MR) is 132 cm³/mol. The monoisotopic (exact) mass is 488 g/mol. The number of Topliss-reactive ketones (excluding diaryl/α,β-unsaturated/α-hetero) is 2. The fraction of sp³-hybridized carbons (Fsp3) is 0.481. The van der Waals surface area contributed by atoms with Crippen molar-refractivity contribution in [3.05, 3.63) is 33.4 Å². The van der Waals surface area contributed by atoms with Gasteiger partial charge in [-0.25, -0.2) is 0 Å². The standard InChI is InChI=1S/C27H36O8/c1-9-12(3)20(28)18-22(30)14(5)26(34-7)16(24(18)32)11-17-25(33)19(21(29)13(4)10-2)23(31)15(6)27(17)35-8/h12-13,30-33H,9-11H2,1-8H3. The lowest BCUT2D eigenvalue weighted by Gasteiger charge is -2.23. The molecule has 8 heteroatoms. The number of ketones is 2. The first-order chi connectivity index (χ1) is 16.4. The minimum Gasteiger partial charge on any atom is -0.507 e. The number of benzene rings is 2. The van der Waals surface area contributed by atoms with E-state index in [4.69, 9.17) is 9.47 Å². The van der Waals surface area contributed by atoms with Gasteiger partial charge in [-0.2, -0.15) is 0 Å². The van der Waals surface area contributed by atoms with E-state index in [0.29, 0.717) is 12.8 Å². The molecule has 35 heavy (non-hydrogen) atoms. The number of carbonyl (C=O) groups excluding carboxylic acids is 2. The summed E-state index contributed by atoms with van der Waals surface area (Å²) >= 11 is 0. The first-order valence-corrected chi connectivity index (χ1v) is 11.7. The first kappa shape index (κ1) is 27.8. The van der Waals surface area contributed by atoms with Gasteiger partial charge < -0.3 is 29.9 Å². The van der Waals surface area contributed by atoms with E-state index in [0.717, 1.165) is 0 Å². The lowest BCUT2D eigenvalue weighted by molar-refractivity contribution is 0.0913. The van der Waals surface area contributed by atoms with Gasteiger partial charge >= 0.3 is 0 Å². The Kier molecular flexibility index (Phi) is 8.65. The predicted octanol–water partition coefficient (Wildman–Crippen LogP) is 5.19. The van der Waals surface area contributed by atoms with Crippen LogP contribution in [0.4, 0.5) is 0 Å². The Morgan fingerprint density at radius 3 is 1.26 bits per heavy atom. The summed E-state index contributed by atoms with van der Waals surface area (Å²) in [7, 11) is 2.72. The van der Waals surface area contributed by atoms with Gasteiger partial charge in [0.25, 0.3) is 0 Å². The Labute approximate surface area is 206 Å². The zero-order valence-electron chi connectivity index (χ0n) is 21.7. The van der Waals surface area contributed by atoms with Crippen LogP contribution in [0.25, 0.3) is 0 Å². The summed E-state index contributed by atoms with van der Waals surface area (Å²) in [5.41, 5.74) is 0.314. The van der Waals surface area contributed by atoms with E-state index in [-0.39, 0.29) is 62.8 Å². The maximum Gasteiger partial charge on any atom is 0.173 e. The summed E-state index contributed by atoms with van der Waals surface area (Å²) < 4.78 is 10.9. The van der Waals surface area contributed by atoms with Crippen molar-refractivity contribution in [1.29, 1.82) is 0 Å². The number of rotatable bonds is 10. The van der Waals surface area contributed by atoms with Gasteiger partial charge in [-0.05, 0) is 26.7 Å². The molecular weight excluding hydrogens is 452 g/mol. The first-order valence-electron chi connectivity index (χ1n) is 11.7. The average Bonchev–Trinajstić information content (AvgIpc) is 2.84.